The van der Waals surface area contributed by atoms with E-state index in [-0.39, 0.29) is 18.2 Å². The van der Waals surface area contributed by atoms with Gasteiger partial charge in [0.15, 0.2) is 0 Å². The van der Waals surface area contributed by atoms with Crippen LogP contribution < -0.4 is 5.06 Å². The normalized spacial score (nSPS) is 10.1. The number of para-hydroxylation sites is 1. The minimum absolute atomic E-state index is 0.231. The van der Waals surface area contributed by atoms with Crippen LogP contribution in [0.4, 0.5) is 5.69 Å². The van der Waals surface area contributed by atoms with Crippen LogP contribution in [0.5, 0.6) is 0 Å². The van der Waals surface area contributed by atoms with Gasteiger partial charge < -0.3 is 4.84 Å². The first-order chi connectivity index (χ1) is 8.06. The van der Waals surface area contributed by atoms with Crippen molar-refractivity contribution < 1.29 is 14.4 Å². The molecule has 0 atom stereocenters. The lowest BCUT2D eigenvalue weighted by Gasteiger charge is -2.22. The topological polar surface area (TPSA) is 46.6 Å². The van der Waals surface area contributed by atoms with Crippen LogP contribution in [0.25, 0.3) is 0 Å². The van der Waals surface area contributed by atoms with Gasteiger partial charge in [0.05, 0.1) is 5.69 Å². The summed E-state index contributed by atoms with van der Waals surface area (Å²) in [4.78, 5) is 28.3. The molecule has 0 unspecified atom stereocenters. The van der Waals surface area contributed by atoms with Crippen LogP contribution in [0.1, 0.15) is 27.2 Å². The molecule has 0 aliphatic heterocycles. The van der Waals surface area contributed by atoms with E-state index >= 15 is 0 Å². The van der Waals surface area contributed by atoms with Gasteiger partial charge in [-0.05, 0) is 12.1 Å². The fourth-order valence-corrected chi connectivity index (χ4v) is 1.19. The lowest BCUT2D eigenvalue weighted by molar-refractivity contribution is -0.151. The predicted molar refractivity (Wildman–Crippen MR) is 65.1 cm³/mol. The largest absolute Gasteiger partial charge is 0.333 e. The molecular formula is C13H17NO3. The molecular weight excluding hydrogens is 218 g/mol. The molecule has 0 saturated heterocycles. The molecule has 1 rings (SSSR count). The van der Waals surface area contributed by atoms with Crippen molar-refractivity contribution in [1.82, 2.24) is 0 Å². The number of hydrogen-bond donors (Lipinski definition) is 0. The number of benzene rings is 1. The van der Waals surface area contributed by atoms with Gasteiger partial charge in [0, 0.05) is 12.3 Å². The van der Waals surface area contributed by atoms with Crippen molar-refractivity contribution in [3.63, 3.8) is 0 Å². The van der Waals surface area contributed by atoms with E-state index in [1.54, 1.807) is 45.0 Å². The predicted octanol–water partition coefficient (Wildman–Crippen LogP) is 2.54. The van der Waals surface area contributed by atoms with Crippen LogP contribution in [0.3, 0.4) is 0 Å². The van der Waals surface area contributed by atoms with Crippen LogP contribution >= 0.6 is 0 Å². The molecule has 17 heavy (non-hydrogen) atoms. The Morgan fingerprint density at radius 3 is 2.29 bits per heavy atom. The molecule has 0 aliphatic rings. The van der Waals surface area contributed by atoms with Crippen LogP contribution in [-0.4, -0.2) is 11.9 Å². The number of carbonyl (C=O) groups is 2. The minimum Gasteiger partial charge on any atom is -0.333 e. The first-order valence-corrected chi connectivity index (χ1v) is 5.66. The number of rotatable bonds is 3. The summed E-state index contributed by atoms with van der Waals surface area (Å²) in [5.74, 6) is -0.902. The summed E-state index contributed by atoms with van der Waals surface area (Å²) in [6.45, 7) is 5.21. The first-order valence-electron chi connectivity index (χ1n) is 5.66. The maximum atomic E-state index is 11.9. The lowest BCUT2D eigenvalue weighted by Crippen LogP contribution is -2.36. The first kappa shape index (κ1) is 13.2. The smallest absolute Gasteiger partial charge is 0.332 e. The standard InChI is InChI=1S/C13H17NO3/c1-4-12(15)17-14(13(16)10(2)3)11-8-6-5-7-9-11/h5-10H,4H2,1-3H3. The van der Waals surface area contributed by atoms with Crippen molar-refractivity contribution in [2.24, 2.45) is 5.92 Å². The number of hydroxylamine groups is 1. The SMILES string of the molecule is CCC(=O)ON(C(=O)C(C)C)c1ccccc1. The van der Waals surface area contributed by atoms with Crippen molar-refractivity contribution >= 4 is 17.6 Å². The molecule has 0 aliphatic carbocycles. The number of carbonyl (C=O) groups excluding carboxylic acids is 2. The van der Waals surface area contributed by atoms with Crippen molar-refractivity contribution in [2.75, 3.05) is 5.06 Å². The van der Waals surface area contributed by atoms with Gasteiger partial charge >= 0.3 is 5.97 Å². The molecule has 0 bridgehead atoms. The van der Waals surface area contributed by atoms with E-state index < -0.39 is 5.97 Å². The van der Waals surface area contributed by atoms with Gasteiger partial charge in [-0.25, -0.2) is 4.79 Å². The average Bonchev–Trinajstić information content (AvgIpc) is 2.35. The molecule has 0 heterocycles. The van der Waals surface area contributed by atoms with Gasteiger partial charge in [-0.3, -0.25) is 4.79 Å². The quantitative estimate of drug-likeness (QED) is 0.756. The zero-order chi connectivity index (χ0) is 12.8. The Labute approximate surface area is 101 Å². The highest BCUT2D eigenvalue weighted by atomic mass is 16.7. The molecule has 4 heteroatoms. The van der Waals surface area contributed by atoms with E-state index in [9.17, 15) is 9.59 Å². The average molecular weight is 235 g/mol. The third kappa shape index (κ3) is 3.59. The van der Waals surface area contributed by atoms with E-state index in [1.807, 2.05) is 6.07 Å². The van der Waals surface area contributed by atoms with E-state index in [4.69, 9.17) is 4.84 Å². The van der Waals surface area contributed by atoms with Crippen LogP contribution in [-0.2, 0) is 14.4 Å². The van der Waals surface area contributed by atoms with Gasteiger partial charge in [-0.1, -0.05) is 39.0 Å². The second-order valence-corrected chi connectivity index (χ2v) is 3.94. The summed E-state index contributed by atoms with van der Waals surface area (Å²) < 4.78 is 0. The molecule has 0 N–H and O–H groups in total. The molecule has 92 valence electrons. The van der Waals surface area contributed by atoms with Gasteiger partial charge in [0.1, 0.15) is 0 Å². The molecule has 0 spiro atoms. The van der Waals surface area contributed by atoms with Crippen molar-refractivity contribution in [2.45, 2.75) is 27.2 Å². The van der Waals surface area contributed by atoms with E-state index in [1.165, 1.54) is 0 Å². The molecule has 0 aromatic heterocycles. The summed E-state index contributed by atoms with van der Waals surface area (Å²) in [6.07, 6.45) is 0.231. The molecule has 1 amide bonds. The van der Waals surface area contributed by atoms with Gasteiger partial charge in [-0.15, -0.1) is 5.06 Å². The van der Waals surface area contributed by atoms with E-state index in [0.29, 0.717) is 5.69 Å². The van der Waals surface area contributed by atoms with Gasteiger partial charge in [0.2, 0.25) is 0 Å². The highest BCUT2D eigenvalue weighted by molar-refractivity contribution is 5.94. The maximum Gasteiger partial charge on any atom is 0.332 e. The van der Waals surface area contributed by atoms with Crippen LogP contribution in [0.2, 0.25) is 0 Å². The third-order valence-corrected chi connectivity index (χ3v) is 2.17. The Morgan fingerprint density at radius 1 is 1.24 bits per heavy atom. The second kappa shape index (κ2) is 6.03. The van der Waals surface area contributed by atoms with Crippen molar-refractivity contribution in [3.8, 4) is 0 Å². The summed E-state index contributed by atoms with van der Waals surface area (Å²) in [7, 11) is 0. The molecule has 4 nitrogen and oxygen atoms in total. The maximum absolute atomic E-state index is 11.9. The summed E-state index contributed by atoms with van der Waals surface area (Å²) in [5.41, 5.74) is 0.563. The number of nitrogens with zero attached hydrogens (tertiary/aromatic N) is 1. The summed E-state index contributed by atoms with van der Waals surface area (Å²) >= 11 is 0. The number of amides is 1. The zero-order valence-electron chi connectivity index (χ0n) is 10.3. The molecule has 0 saturated carbocycles. The summed E-state index contributed by atoms with van der Waals surface area (Å²) in [5, 5.41) is 1.07. The number of anilines is 1. The van der Waals surface area contributed by atoms with Gasteiger partial charge in [0.25, 0.3) is 5.91 Å². The Balaban J connectivity index is 2.94. The monoisotopic (exact) mass is 235 g/mol. The Kier molecular flexibility index (Phi) is 4.69. The number of hydrogen-bond acceptors (Lipinski definition) is 3. The van der Waals surface area contributed by atoms with E-state index in [2.05, 4.69) is 0 Å². The van der Waals surface area contributed by atoms with Crippen LogP contribution in [0, 0.1) is 5.92 Å². The molecule has 0 fully saturated rings. The van der Waals surface area contributed by atoms with Crippen molar-refractivity contribution in [1.29, 1.82) is 0 Å². The van der Waals surface area contributed by atoms with Crippen molar-refractivity contribution in [3.05, 3.63) is 30.3 Å². The van der Waals surface area contributed by atoms with E-state index in [0.717, 1.165) is 5.06 Å². The molecule has 1 aromatic rings. The Bertz CT molecular complexity index is 387. The minimum atomic E-state index is -0.428. The molecule has 1 aromatic carbocycles. The second-order valence-electron chi connectivity index (χ2n) is 3.94. The van der Waals surface area contributed by atoms with Crippen LogP contribution in [0.15, 0.2) is 30.3 Å². The summed E-state index contributed by atoms with van der Waals surface area (Å²) in [6, 6.07) is 8.86. The fraction of sp³-hybridized carbons (Fsp3) is 0.385. The highest BCUT2D eigenvalue weighted by Crippen LogP contribution is 2.17. The Morgan fingerprint density at radius 2 is 1.82 bits per heavy atom. The third-order valence-electron chi connectivity index (χ3n) is 2.17. The Hall–Kier alpha value is -1.84. The molecule has 0 radical (unpaired) electrons. The zero-order valence-corrected chi connectivity index (χ0v) is 10.3. The highest BCUT2D eigenvalue weighted by Gasteiger charge is 2.22. The fourth-order valence-electron chi connectivity index (χ4n) is 1.19. The lowest BCUT2D eigenvalue weighted by atomic mass is 10.2. The van der Waals surface area contributed by atoms with Gasteiger partial charge in [-0.2, -0.15) is 0 Å².